The maximum absolute atomic E-state index is 12.5. The van der Waals surface area contributed by atoms with Gasteiger partial charge >= 0.3 is 0 Å². The highest BCUT2D eigenvalue weighted by Gasteiger charge is 2.20. The van der Waals surface area contributed by atoms with Crippen molar-refractivity contribution in [2.75, 3.05) is 44.7 Å². The Morgan fingerprint density at radius 1 is 1.19 bits per heavy atom. The Kier molecular flexibility index (Phi) is 6.79. The van der Waals surface area contributed by atoms with E-state index in [2.05, 4.69) is 33.1 Å². The average Bonchev–Trinajstić information content (AvgIpc) is 2.74. The van der Waals surface area contributed by atoms with Crippen LogP contribution in [-0.2, 0) is 16.1 Å². The first-order chi connectivity index (χ1) is 13.2. The zero-order chi connectivity index (χ0) is 19.1. The largest absolute Gasteiger partial charge is 0.367 e. The van der Waals surface area contributed by atoms with Crippen LogP contribution in [0.3, 0.4) is 0 Å². The Balaban J connectivity index is 1.59. The van der Waals surface area contributed by atoms with Gasteiger partial charge in [-0.25, -0.2) is 4.98 Å². The third-order valence-corrected chi connectivity index (χ3v) is 5.00. The molecule has 144 valence electrons. The Labute approximate surface area is 161 Å². The Morgan fingerprint density at radius 3 is 2.59 bits per heavy atom. The van der Waals surface area contributed by atoms with Crippen molar-refractivity contribution >= 4 is 11.7 Å². The van der Waals surface area contributed by atoms with Crippen molar-refractivity contribution in [2.24, 2.45) is 0 Å². The van der Waals surface area contributed by atoms with Crippen molar-refractivity contribution in [3.8, 4) is 0 Å². The van der Waals surface area contributed by atoms with Gasteiger partial charge in [-0.1, -0.05) is 37.3 Å². The van der Waals surface area contributed by atoms with Crippen LogP contribution in [0.5, 0.6) is 0 Å². The number of benzene rings is 1. The third-order valence-electron chi connectivity index (χ3n) is 5.00. The van der Waals surface area contributed by atoms with Crippen molar-refractivity contribution in [1.29, 1.82) is 0 Å². The summed E-state index contributed by atoms with van der Waals surface area (Å²) in [6.07, 6.45) is 1.21. The molecule has 1 unspecified atom stereocenters. The molecule has 2 aromatic rings. The molecule has 6 nitrogen and oxygen atoms in total. The van der Waals surface area contributed by atoms with Crippen LogP contribution >= 0.6 is 0 Å². The summed E-state index contributed by atoms with van der Waals surface area (Å²) in [5.41, 5.74) is 1.89. The fourth-order valence-corrected chi connectivity index (χ4v) is 3.34. The minimum atomic E-state index is -0.602. The maximum Gasteiger partial charge on any atom is 0.254 e. The number of pyridine rings is 1. The predicted octanol–water partition coefficient (Wildman–Crippen LogP) is 2.23. The number of nitrogens with one attached hydrogen (secondary N) is 1. The molecule has 1 amide bonds. The van der Waals surface area contributed by atoms with E-state index in [1.54, 1.807) is 7.11 Å². The molecule has 1 N–H and O–H groups in total. The second kappa shape index (κ2) is 9.48. The lowest BCUT2D eigenvalue weighted by atomic mass is 10.1. The van der Waals surface area contributed by atoms with Crippen molar-refractivity contribution in [1.82, 2.24) is 15.2 Å². The minimum absolute atomic E-state index is 0.140. The van der Waals surface area contributed by atoms with Crippen LogP contribution in [0.15, 0.2) is 48.7 Å². The second-order valence-corrected chi connectivity index (χ2v) is 6.69. The minimum Gasteiger partial charge on any atom is -0.367 e. The lowest BCUT2D eigenvalue weighted by molar-refractivity contribution is -0.131. The molecular formula is C21H28N4O2. The van der Waals surface area contributed by atoms with E-state index in [0.717, 1.165) is 49.7 Å². The summed E-state index contributed by atoms with van der Waals surface area (Å²) in [6, 6.07) is 13.5. The zero-order valence-electron chi connectivity index (χ0n) is 16.1. The van der Waals surface area contributed by atoms with Crippen molar-refractivity contribution in [3.63, 3.8) is 0 Å². The molecule has 1 aromatic carbocycles. The first-order valence-corrected chi connectivity index (χ1v) is 9.49. The number of ether oxygens (including phenoxy) is 1. The van der Waals surface area contributed by atoms with E-state index in [9.17, 15) is 4.79 Å². The van der Waals surface area contributed by atoms with E-state index in [1.165, 1.54) is 0 Å². The van der Waals surface area contributed by atoms with Crippen LogP contribution in [0, 0.1) is 0 Å². The lowest BCUT2D eigenvalue weighted by Crippen LogP contribution is -2.46. The molecular weight excluding hydrogens is 340 g/mol. The van der Waals surface area contributed by atoms with Crippen molar-refractivity contribution in [2.45, 2.75) is 19.6 Å². The van der Waals surface area contributed by atoms with Crippen LogP contribution < -0.4 is 10.2 Å². The van der Waals surface area contributed by atoms with Crippen LogP contribution in [0.4, 0.5) is 5.82 Å². The molecule has 27 heavy (non-hydrogen) atoms. The van der Waals surface area contributed by atoms with Crippen molar-refractivity contribution in [3.05, 3.63) is 59.8 Å². The van der Waals surface area contributed by atoms with E-state index < -0.39 is 6.10 Å². The monoisotopic (exact) mass is 368 g/mol. The van der Waals surface area contributed by atoms with Gasteiger partial charge in [0.25, 0.3) is 5.91 Å². The molecule has 1 saturated heterocycles. The molecule has 6 heteroatoms. The maximum atomic E-state index is 12.5. The van der Waals surface area contributed by atoms with E-state index >= 15 is 0 Å². The second-order valence-electron chi connectivity index (χ2n) is 6.69. The molecule has 1 aliphatic heterocycles. The lowest BCUT2D eigenvalue weighted by Gasteiger charge is -2.34. The molecule has 0 spiro atoms. The number of nitrogens with zero attached hydrogens (tertiary/aromatic N) is 3. The molecule has 1 fully saturated rings. The summed E-state index contributed by atoms with van der Waals surface area (Å²) in [6.45, 7) is 7.83. The number of piperazine rings is 1. The van der Waals surface area contributed by atoms with Crippen LogP contribution in [0.2, 0.25) is 0 Å². The van der Waals surface area contributed by atoms with Crippen molar-refractivity contribution < 1.29 is 9.53 Å². The molecule has 0 aliphatic carbocycles. The summed E-state index contributed by atoms with van der Waals surface area (Å²) < 4.78 is 5.39. The van der Waals surface area contributed by atoms with E-state index in [1.807, 2.05) is 42.6 Å². The smallest absolute Gasteiger partial charge is 0.254 e. The number of hydrogen-bond donors (Lipinski definition) is 1. The topological polar surface area (TPSA) is 57.7 Å². The van der Waals surface area contributed by atoms with Gasteiger partial charge in [0.15, 0.2) is 6.10 Å². The molecule has 0 radical (unpaired) electrons. The van der Waals surface area contributed by atoms with Gasteiger partial charge in [-0.3, -0.25) is 4.79 Å². The first kappa shape index (κ1) is 19.3. The Bertz CT molecular complexity index is 730. The van der Waals surface area contributed by atoms with Gasteiger partial charge in [0.05, 0.1) is 0 Å². The number of hydrogen-bond acceptors (Lipinski definition) is 5. The normalized spacial score (nSPS) is 16.1. The fourth-order valence-electron chi connectivity index (χ4n) is 3.34. The molecule has 2 heterocycles. The number of rotatable bonds is 7. The van der Waals surface area contributed by atoms with Crippen LogP contribution in [0.1, 0.15) is 24.2 Å². The summed E-state index contributed by atoms with van der Waals surface area (Å²) in [4.78, 5) is 21.8. The van der Waals surface area contributed by atoms with E-state index in [0.29, 0.717) is 6.54 Å². The predicted molar refractivity (Wildman–Crippen MR) is 107 cm³/mol. The van der Waals surface area contributed by atoms with Gasteiger partial charge in [0.2, 0.25) is 0 Å². The van der Waals surface area contributed by atoms with Gasteiger partial charge in [-0.05, 0) is 29.8 Å². The molecule has 3 rings (SSSR count). The number of anilines is 1. The highest BCUT2D eigenvalue weighted by atomic mass is 16.5. The van der Waals surface area contributed by atoms with Crippen LogP contribution in [-0.4, -0.2) is 55.6 Å². The summed E-state index contributed by atoms with van der Waals surface area (Å²) in [7, 11) is 1.55. The standard InChI is InChI=1S/C21H28N4O2/c1-3-24-11-13-25(14-12-24)19-15-17(9-10-22-19)16-23-21(26)20(27-2)18-7-5-4-6-8-18/h4-10,15,20H,3,11-14,16H2,1-2H3,(H,23,26). The van der Waals surface area contributed by atoms with E-state index in [-0.39, 0.29) is 5.91 Å². The van der Waals surface area contributed by atoms with Gasteiger partial charge in [-0.2, -0.15) is 0 Å². The SMILES string of the molecule is CCN1CCN(c2cc(CNC(=O)C(OC)c3ccccc3)ccn2)CC1. The van der Waals surface area contributed by atoms with Gasteiger partial charge in [0.1, 0.15) is 5.82 Å². The number of aromatic nitrogens is 1. The average molecular weight is 368 g/mol. The number of amides is 1. The van der Waals surface area contributed by atoms with E-state index in [4.69, 9.17) is 4.74 Å². The van der Waals surface area contributed by atoms with Gasteiger partial charge < -0.3 is 19.9 Å². The number of carbonyl (C=O) groups is 1. The number of likely N-dealkylation sites (N-methyl/N-ethyl adjacent to an activating group) is 1. The summed E-state index contributed by atoms with van der Waals surface area (Å²) in [5, 5.41) is 2.98. The summed E-state index contributed by atoms with van der Waals surface area (Å²) >= 11 is 0. The highest BCUT2D eigenvalue weighted by Crippen LogP contribution is 2.18. The molecule has 1 aromatic heterocycles. The summed E-state index contributed by atoms with van der Waals surface area (Å²) in [5.74, 6) is 0.836. The molecule has 1 aliphatic rings. The number of methoxy groups -OCH3 is 1. The fraction of sp³-hybridized carbons (Fsp3) is 0.429. The number of carbonyl (C=O) groups excluding carboxylic acids is 1. The first-order valence-electron chi connectivity index (χ1n) is 9.49. The molecule has 1 atom stereocenters. The van der Waals surface area contributed by atoms with Gasteiger partial charge in [0, 0.05) is 46.0 Å². The van der Waals surface area contributed by atoms with Gasteiger partial charge in [-0.15, -0.1) is 0 Å². The third kappa shape index (κ3) is 5.05. The molecule has 0 bridgehead atoms. The van der Waals surface area contributed by atoms with Crippen LogP contribution in [0.25, 0.3) is 0 Å². The Morgan fingerprint density at radius 2 is 1.93 bits per heavy atom. The highest BCUT2D eigenvalue weighted by molar-refractivity contribution is 5.82. The zero-order valence-corrected chi connectivity index (χ0v) is 16.1. The Hall–Kier alpha value is -2.44. The molecule has 0 saturated carbocycles. The quantitative estimate of drug-likeness (QED) is 0.812.